The average molecular weight is 429 g/mol. The van der Waals surface area contributed by atoms with Crippen LogP contribution >= 0.6 is 0 Å². The summed E-state index contributed by atoms with van der Waals surface area (Å²) >= 11 is 0. The third kappa shape index (κ3) is 4.11. The normalized spacial score (nSPS) is 12.4. The number of nitrogens with zero attached hydrogens (tertiary/aromatic N) is 2. The van der Waals surface area contributed by atoms with Crippen molar-refractivity contribution >= 4 is 10.8 Å². The van der Waals surface area contributed by atoms with Crippen LogP contribution in [0.15, 0.2) is 36.4 Å². The van der Waals surface area contributed by atoms with Crippen LogP contribution in [0, 0.1) is 12.8 Å². The third-order valence-electron chi connectivity index (χ3n) is 6.17. The summed E-state index contributed by atoms with van der Waals surface area (Å²) in [6.45, 7) is 17.9. The molecule has 4 heteroatoms. The molecule has 3 heterocycles. The minimum Gasteiger partial charge on any atom is -0.357 e. The lowest BCUT2D eigenvalue weighted by Gasteiger charge is -2.15. The Morgan fingerprint density at radius 2 is 1.69 bits per heavy atom. The highest BCUT2D eigenvalue weighted by Gasteiger charge is 2.23. The van der Waals surface area contributed by atoms with E-state index in [-0.39, 0.29) is 5.41 Å². The molecule has 4 nitrogen and oxygen atoms in total. The van der Waals surface area contributed by atoms with Gasteiger partial charge in [-0.25, -0.2) is 4.98 Å². The molecule has 2 N–H and O–H groups in total. The van der Waals surface area contributed by atoms with Gasteiger partial charge in [-0.3, -0.25) is 5.10 Å². The van der Waals surface area contributed by atoms with Crippen LogP contribution in [-0.4, -0.2) is 20.2 Å². The van der Waals surface area contributed by atoms with Crippen molar-refractivity contribution in [1.29, 1.82) is 0 Å². The van der Waals surface area contributed by atoms with Crippen LogP contribution in [0.4, 0.5) is 0 Å². The van der Waals surface area contributed by atoms with Gasteiger partial charge in [-0.15, -0.1) is 0 Å². The van der Waals surface area contributed by atoms with Crippen LogP contribution in [0.1, 0.15) is 76.9 Å². The number of H-pyrrole nitrogens is 2. The van der Waals surface area contributed by atoms with Crippen LogP contribution in [0.5, 0.6) is 0 Å². The van der Waals surface area contributed by atoms with E-state index in [0.717, 1.165) is 40.3 Å². The van der Waals surface area contributed by atoms with Gasteiger partial charge in [-0.1, -0.05) is 72.7 Å². The second-order valence-electron chi connectivity index (χ2n) is 10.8. The molecule has 4 aromatic rings. The molecule has 0 unspecified atom stereocenters. The highest BCUT2D eigenvalue weighted by atomic mass is 15.1. The molecule has 0 saturated carbocycles. The predicted molar refractivity (Wildman–Crippen MR) is 135 cm³/mol. The Balaban J connectivity index is 1.95. The predicted octanol–water partition coefficient (Wildman–Crippen LogP) is 7.55. The average Bonchev–Trinajstić information content (AvgIpc) is 3.32. The van der Waals surface area contributed by atoms with Crippen LogP contribution in [0.25, 0.3) is 33.5 Å². The summed E-state index contributed by atoms with van der Waals surface area (Å²) in [6.07, 6.45) is 1.07. The first-order chi connectivity index (χ1) is 15.1. The molecule has 168 valence electrons. The number of aryl methyl sites for hydroxylation is 1. The summed E-state index contributed by atoms with van der Waals surface area (Å²) in [5.41, 5.74) is 9.16. The Kier molecular flexibility index (Phi) is 5.74. The fourth-order valence-corrected chi connectivity index (χ4v) is 4.54. The summed E-state index contributed by atoms with van der Waals surface area (Å²) in [6, 6.07) is 12.8. The van der Waals surface area contributed by atoms with Gasteiger partial charge in [-0.2, -0.15) is 5.10 Å². The van der Waals surface area contributed by atoms with Gasteiger partial charge in [0.25, 0.3) is 0 Å². The first-order valence-electron chi connectivity index (χ1n) is 11.7. The van der Waals surface area contributed by atoms with Crippen LogP contribution in [0.3, 0.4) is 0 Å². The van der Waals surface area contributed by atoms with Crippen molar-refractivity contribution in [3.8, 4) is 22.8 Å². The summed E-state index contributed by atoms with van der Waals surface area (Å²) < 4.78 is 0. The quantitative estimate of drug-likeness (QED) is 0.345. The zero-order valence-electron chi connectivity index (χ0n) is 20.7. The first-order valence-corrected chi connectivity index (χ1v) is 11.7. The van der Waals surface area contributed by atoms with Gasteiger partial charge < -0.3 is 4.98 Å². The van der Waals surface area contributed by atoms with E-state index < -0.39 is 0 Å². The Morgan fingerprint density at radius 3 is 2.31 bits per heavy atom. The monoisotopic (exact) mass is 428 g/mol. The van der Waals surface area contributed by atoms with E-state index in [1.807, 2.05) is 0 Å². The third-order valence-corrected chi connectivity index (χ3v) is 6.17. The number of pyridine rings is 1. The zero-order chi connectivity index (χ0) is 23.2. The van der Waals surface area contributed by atoms with Gasteiger partial charge >= 0.3 is 0 Å². The van der Waals surface area contributed by atoms with Gasteiger partial charge in [0, 0.05) is 22.2 Å². The van der Waals surface area contributed by atoms with Gasteiger partial charge in [0.1, 0.15) is 5.69 Å². The molecule has 0 aliphatic carbocycles. The Hall–Kier alpha value is -2.88. The maximum absolute atomic E-state index is 5.20. The van der Waals surface area contributed by atoms with Gasteiger partial charge in [0.2, 0.25) is 0 Å². The molecule has 0 saturated heterocycles. The lowest BCUT2D eigenvalue weighted by Crippen LogP contribution is -2.11. The molecule has 3 aromatic heterocycles. The van der Waals surface area contributed by atoms with Crippen molar-refractivity contribution in [2.75, 3.05) is 0 Å². The lowest BCUT2D eigenvalue weighted by atomic mass is 9.91. The minimum absolute atomic E-state index is 0.00575. The molecule has 1 aromatic carbocycles. The number of fused-ring (bicyclic) bond motifs is 1. The molecule has 0 fully saturated rings. The maximum Gasteiger partial charge on any atom is 0.111 e. The van der Waals surface area contributed by atoms with Crippen molar-refractivity contribution in [3.05, 3.63) is 58.9 Å². The molecule has 0 aliphatic rings. The summed E-state index contributed by atoms with van der Waals surface area (Å²) in [5, 5.41) is 10.2. The topological polar surface area (TPSA) is 57.4 Å². The molecular weight excluding hydrogens is 392 g/mol. The summed E-state index contributed by atoms with van der Waals surface area (Å²) in [7, 11) is 0. The van der Waals surface area contributed by atoms with Gasteiger partial charge in [0.15, 0.2) is 0 Å². The van der Waals surface area contributed by atoms with Crippen LogP contribution in [0.2, 0.25) is 0 Å². The fourth-order valence-electron chi connectivity index (χ4n) is 4.54. The number of nitrogens with one attached hydrogen (secondary N) is 2. The number of aromatic amines is 2. The summed E-state index contributed by atoms with van der Waals surface area (Å²) in [4.78, 5) is 8.90. The molecule has 0 amide bonds. The molecule has 0 spiro atoms. The first kappa shape index (κ1) is 22.3. The van der Waals surface area contributed by atoms with E-state index in [9.17, 15) is 0 Å². The van der Waals surface area contributed by atoms with E-state index in [1.54, 1.807) is 0 Å². The van der Waals surface area contributed by atoms with Crippen molar-refractivity contribution < 1.29 is 0 Å². The van der Waals surface area contributed by atoms with Crippen molar-refractivity contribution in [2.24, 2.45) is 5.92 Å². The molecule has 32 heavy (non-hydrogen) atoms. The van der Waals surface area contributed by atoms with E-state index in [2.05, 4.69) is 107 Å². The maximum atomic E-state index is 5.20. The number of hydrogen-bond acceptors (Lipinski definition) is 2. The van der Waals surface area contributed by atoms with Crippen LogP contribution < -0.4 is 0 Å². The molecular formula is C28H36N4. The number of benzene rings is 1. The van der Waals surface area contributed by atoms with E-state index in [1.165, 1.54) is 22.2 Å². The standard InChI is InChI=1S/C28H36N4/c1-16(2)13-21-18(5)29-27(25(21)17(3)4)22-14-19-11-9-10-12-20(19)26(30-22)23-15-24(32-31-23)28(6,7)8/h9-12,14-17,29H,13H2,1-8H3,(H,31,32). The molecule has 0 aliphatic heterocycles. The number of aromatic nitrogens is 4. The number of rotatable bonds is 5. The van der Waals surface area contributed by atoms with E-state index >= 15 is 0 Å². The smallest absolute Gasteiger partial charge is 0.111 e. The largest absolute Gasteiger partial charge is 0.357 e. The second-order valence-corrected chi connectivity index (χ2v) is 10.8. The van der Waals surface area contributed by atoms with E-state index in [4.69, 9.17) is 4.98 Å². The summed E-state index contributed by atoms with van der Waals surface area (Å²) in [5.74, 6) is 1.02. The Bertz CT molecular complexity index is 1250. The Morgan fingerprint density at radius 1 is 0.969 bits per heavy atom. The second kappa shape index (κ2) is 8.23. The fraction of sp³-hybridized carbons (Fsp3) is 0.429. The number of hydrogen-bond donors (Lipinski definition) is 2. The van der Waals surface area contributed by atoms with Crippen molar-refractivity contribution in [3.63, 3.8) is 0 Å². The van der Waals surface area contributed by atoms with Gasteiger partial charge in [0.05, 0.1) is 17.1 Å². The Labute approximate surface area is 191 Å². The van der Waals surface area contributed by atoms with E-state index in [0.29, 0.717) is 11.8 Å². The minimum atomic E-state index is 0.00575. The SMILES string of the molecule is Cc1[nH]c(-c2cc3ccccc3c(-c3cc(C(C)(C)C)[nH]n3)n2)c(C(C)C)c1CC(C)C. The zero-order valence-corrected chi connectivity index (χ0v) is 20.7. The molecule has 4 rings (SSSR count). The van der Waals surface area contributed by atoms with Crippen LogP contribution in [-0.2, 0) is 11.8 Å². The molecule has 0 atom stereocenters. The molecule has 0 radical (unpaired) electrons. The molecule has 0 bridgehead atoms. The lowest BCUT2D eigenvalue weighted by molar-refractivity contribution is 0.567. The van der Waals surface area contributed by atoms with Crippen molar-refractivity contribution in [2.45, 2.75) is 73.1 Å². The highest BCUT2D eigenvalue weighted by Crippen LogP contribution is 2.37. The highest BCUT2D eigenvalue weighted by molar-refractivity contribution is 5.96. The van der Waals surface area contributed by atoms with Gasteiger partial charge in [-0.05, 0) is 53.8 Å². The van der Waals surface area contributed by atoms with Crippen molar-refractivity contribution in [1.82, 2.24) is 20.2 Å².